The molecule has 1 atom stereocenters. The first-order valence-corrected chi connectivity index (χ1v) is 7.88. The van der Waals surface area contributed by atoms with Crippen molar-refractivity contribution in [2.75, 3.05) is 14.2 Å². The zero-order valence-corrected chi connectivity index (χ0v) is 14.1. The van der Waals surface area contributed by atoms with Gasteiger partial charge in [0.25, 0.3) is 0 Å². The molecule has 1 unspecified atom stereocenters. The standard InChI is InChI=1S/C17H23NO2S/c1-11-8-16(13(3)21-11)12(2)18-10-14-9-15(19-4)6-7-17(14)20-5/h6-9,12,18H,10H2,1-5H3. The Kier molecular flexibility index (Phi) is 5.26. The number of aryl methyl sites for hydroxylation is 2. The van der Waals surface area contributed by atoms with Crippen LogP contribution in [0.2, 0.25) is 0 Å². The number of methoxy groups -OCH3 is 2. The van der Waals surface area contributed by atoms with Gasteiger partial charge in [0.05, 0.1) is 14.2 Å². The van der Waals surface area contributed by atoms with Gasteiger partial charge in [-0.2, -0.15) is 0 Å². The lowest BCUT2D eigenvalue weighted by molar-refractivity contribution is 0.395. The molecule has 2 rings (SSSR count). The van der Waals surface area contributed by atoms with Crippen LogP contribution in [0.1, 0.15) is 33.8 Å². The van der Waals surface area contributed by atoms with Crippen LogP contribution in [0.15, 0.2) is 24.3 Å². The Morgan fingerprint density at radius 2 is 1.90 bits per heavy atom. The predicted octanol–water partition coefficient (Wildman–Crippen LogP) is 4.23. The van der Waals surface area contributed by atoms with Crippen molar-refractivity contribution in [2.24, 2.45) is 0 Å². The van der Waals surface area contributed by atoms with Crippen LogP contribution in [0.5, 0.6) is 11.5 Å². The molecule has 0 fully saturated rings. The van der Waals surface area contributed by atoms with Crippen molar-refractivity contribution in [3.05, 3.63) is 45.1 Å². The molecule has 0 amide bonds. The van der Waals surface area contributed by atoms with Crippen LogP contribution in [0.25, 0.3) is 0 Å². The first-order valence-electron chi connectivity index (χ1n) is 7.06. The number of nitrogens with one attached hydrogen (secondary N) is 1. The molecule has 3 nitrogen and oxygen atoms in total. The molecule has 1 aromatic carbocycles. The fourth-order valence-corrected chi connectivity index (χ4v) is 3.50. The summed E-state index contributed by atoms with van der Waals surface area (Å²) in [6.45, 7) is 7.27. The van der Waals surface area contributed by atoms with E-state index in [0.717, 1.165) is 23.6 Å². The summed E-state index contributed by atoms with van der Waals surface area (Å²) in [4.78, 5) is 2.74. The summed E-state index contributed by atoms with van der Waals surface area (Å²) in [5.74, 6) is 1.73. The van der Waals surface area contributed by atoms with Crippen LogP contribution in [0.3, 0.4) is 0 Å². The molecule has 0 saturated carbocycles. The van der Waals surface area contributed by atoms with Gasteiger partial charge in [0, 0.05) is 27.9 Å². The SMILES string of the molecule is COc1ccc(OC)c(CNC(C)c2cc(C)sc2C)c1. The normalized spacial score (nSPS) is 12.2. The van der Waals surface area contributed by atoms with Crippen LogP contribution in [0.4, 0.5) is 0 Å². The summed E-state index contributed by atoms with van der Waals surface area (Å²) >= 11 is 1.85. The molecular weight excluding hydrogens is 282 g/mol. The first-order chi connectivity index (χ1) is 10.0. The molecule has 0 bridgehead atoms. The molecule has 0 aliphatic heterocycles. The van der Waals surface area contributed by atoms with Gasteiger partial charge in [0.15, 0.2) is 0 Å². The highest BCUT2D eigenvalue weighted by Gasteiger charge is 2.12. The lowest BCUT2D eigenvalue weighted by atomic mass is 10.1. The average molecular weight is 305 g/mol. The van der Waals surface area contributed by atoms with Crippen molar-refractivity contribution in [1.29, 1.82) is 0 Å². The maximum Gasteiger partial charge on any atom is 0.123 e. The van der Waals surface area contributed by atoms with Gasteiger partial charge < -0.3 is 14.8 Å². The minimum absolute atomic E-state index is 0.311. The largest absolute Gasteiger partial charge is 0.497 e. The average Bonchev–Trinajstić information content (AvgIpc) is 2.83. The van der Waals surface area contributed by atoms with Crippen LogP contribution in [0, 0.1) is 13.8 Å². The summed E-state index contributed by atoms with van der Waals surface area (Å²) in [5, 5.41) is 3.57. The third-order valence-corrected chi connectivity index (χ3v) is 4.61. The summed E-state index contributed by atoms with van der Waals surface area (Å²) < 4.78 is 10.7. The Hall–Kier alpha value is -1.52. The van der Waals surface area contributed by atoms with Crippen LogP contribution in [-0.4, -0.2) is 14.2 Å². The van der Waals surface area contributed by atoms with Gasteiger partial charge in [-0.1, -0.05) is 0 Å². The lowest BCUT2D eigenvalue weighted by Gasteiger charge is -2.16. The summed E-state index contributed by atoms with van der Waals surface area (Å²) in [6.07, 6.45) is 0. The molecule has 1 aromatic heterocycles. The molecule has 0 spiro atoms. The Bertz CT molecular complexity index is 607. The number of benzene rings is 1. The van der Waals surface area contributed by atoms with Gasteiger partial charge >= 0.3 is 0 Å². The van der Waals surface area contributed by atoms with E-state index in [1.807, 2.05) is 29.5 Å². The topological polar surface area (TPSA) is 30.5 Å². The van der Waals surface area contributed by atoms with Crippen molar-refractivity contribution in [2.45, 2.75) is 33.4 Å². The first kappa shape index (κ1) is 15.9. The zero-order valence-electron chi connectivity index (χ0n) is 13.3. The van der Waals surface area contributed by atoms with E-state index in [-0.39, 0.29) is 0 Å². The number of thiophene rings is 1. The van der Waals surface area contributed by atoms with Gasteiger partial charge in [0.2, 0.25) is 0 Å². The van der Waals surface area contributed by atoms with E-state index in [2.05, 4.69) is 32.2 Å². The maximum atomic E-state index is 5.42. The second kappa shape index (κ2) is 6.96. The van der Waals surface area contributed by atoms with Crippen molar-refractivity contribution < 1.29 is 9.47 Å². The number of ether oxygens (including phenoxy) is 2. The van der Waals surface area contributed by atoms with Crippen molar-refractivity contribution in [3.8, 4) is 11.5 Å². The highest BCUT2D eigenvalue weighted by atomic mass is 32.1. The van der Waals surface area contributed by atoms with Crippen LogP contribution in [-0.2, 0) is 6.54 Å². The second-order valence-electron chi connectivity index (χ2n) is 5.15. The number of rotatable bonds is 6. The Balaban J connectivity index is 2.10. The van der Waals surface area contributed by atoms with E-state index >= 15 is 0 Å². The molecule has 0 aliphatic carbocycles. The number of hydrogen-bond donors (Lipinski definition) is 1. The molecule has 1 heterocycles. The van der Waals surface area contributed by atoms with Gasteiger partial charge in [-0.15, -0.1) is 11.3 Å². The molecule has 114 valence electrons. The van der Waals surface area contributed by atoms with Crippen molar-refractivity contribution >= 4 is 11.3 Å². The molecule has 0 radical (unpaired) electrons. The summed E-state index contributed by atoms with van der Waals surface area (Å²) in [6, 6.07) is 8.45. The Morgan fingerprint density at radius 1 is 1.14 bits per heavy atom. The molecule has 0 aliphatic rings. The van der Waals surface area contributed by atoms with Gasteiger partial charge in [0.1, 0.15) is 11.5 Å². The zero-order chi connectivity index (χ0) is 15.4. The van der Waals surface area contributed by atoms with E-state index in [9.17, 15) is 0 Å². The van der Waals surface area contributed by atoms with E-state index in [1.165, 1.54) is 15.3 Å². The van der Waals surface area contributed by atoms with Gasteiger partial charge in [-0.05, 0) is 50.6 Å². The third-order valence-electron chi connectivity index (χ3n) is 3.63. The van der Waals surface area contributed by atoms with Crippen LogP contribution < -0.4 is 14.8 Å². The molecular formula is C17H23NO2S. The molecule has 2 aromatic rings. The molecule has 0 saturated heterocycles. The lowest BCUT2D eigenvalue weighted by Crippen LogP contribution is -2.18. The van der Waals surface area contributed by atoms with E-state index in [1.54, 1.807) is 14.2 Å². The number of hydrogen-bond acceptors (Lipinski definition) is 4. The van der Waals surface area contributed by atoms with E-state index in [0.29, 0.717) is 6.04 Å². The van der Waals surface area contributed by atoms with E-state index < -0.39 is 0 Å². The Labute approximate surface area is 130 Å². The monoisotopic (exact) mass is 305 g/mol. The molecule has 1 N–H and O–H groups in total. The van der Waals surface area contributed by atoms with E-state index in [4.69, 9.17) is 9.47 Å². The van der Waals surface area contributed by atoms with Crippen molar-refractivity contribution in [1.82, 2.24) is 5.32 Å². The summed E-state index contributed by atoms with van der Waals surface area (Å²) in [5.41, 5.74) is 2.48. The smallest absolute Gasteiger partial charge is 0.123 e. The van der Waals surface area contributed by atoms with Crippen molar-refractivity contribution in [3.63, 3.8) is 0 Å². The predicted molar refractivity (Wildman–Crippen MR) is 88.6 cm³/mol. The van der Waals surface area contributed by atoms with Gasteiger partial charge in [-0.25, -0.2) is 0 Å². The maximum absolute atomic E-state index is 5.42. The minimum Gasteiger partial charge on any atom is -0.497 e. The van der Waals surface area contributed by atoms with Gasteiger partial charge in [-0.3, -0.25) is 0 Å². The van der Waals surface area contributed by atoms with Crippen LogP contribution >= 0.6 is 11.3 Å². The fraction of sp³-hybridized carbons (Fsp3) is 0.412. The quantitative estimate of drug-likeness (QED) is 0.866. The molecule has 21 heavy (non-hydrogen) atoms. The summed E-state index contributed by atoms with van der Waals surface area (Å²) in [7, 11) is 3.38. The minimum atomic E-state index is 0.311. The Morgan fingerprint density at radius 3 is 2.48 bits per heavy atom. The fourth-order valence-electron chi connectivity index (χ4n) is 2.47. The third kappa shape index (κ3) is 3.77. The highest BCUT2D eigenvalue weighted by Crippen LogP contribution is 2.28. The second-order valence-corrected chi connectivity index (χ2v) is 6.61. The molecule has 4 heteroatoms. The highest BCUT2D eigenvalue weighted by molar-refractivity contribution is 7.12.